The zero-order chi connectivity index (χ0) is 9.52. The van der Waals surface area contributed by atoms with Crippen LogP contribution >= 0.6 is 0 Å². The minimum absolute atomic E-state index is 0. The van der Waals surface area contributed by atoms with E-state index < -0.39 is 5.97 Å². The normalized spacial score (nSPS) is 17.3. The second-order valence-electron chi connectivity index (χ2n) is 3.42. The van der Waals surface area contributed by atoms with Crippen LogP contribution in [0.2, 0.25) is 0 Å². The summed E-state index contributed by atoms with van der Waals surface area (Å²) in [6.07, 6.45) is 11.9. The van der Waals surface area contributed by atoms with Crippen LogP contribution in [0.5, 0.6) is 0 Å². The van der Waals surface area contributed by atoms with E-state index in [4.69, 9.17) is 0 Å². The Balaban J connectivity index is 0.00000169. The summed E-state index contributed by atoms with van der Waals surface area (Å²) < 4.78 is 0. The van der Waals surface area contributed by atoms with E-state index in [1.165, 1.54) is 31.3 Å². The van der Waals surface area contributed by atoms with Crippen molar-refractivity contribution in [3.63, 3.8) is 0 Å². The van der Waals surface area contributed by atoms with E-state index >= 15 is 0 Å². The summed E-state index contributed by atoms with van der Waals surface area (Å²) in [7, 11) is 0. The quantitative estimate of drug-likeness (QED) is 0.313. The first kappa shape index (κ1) is 13.9. The molecule has 0 aromatic heterocycles. The standard InChI is InChI=1S/C11H16O2.Na/c12-11(13)9-5-8-10-6-3-1-2-4-7-10;/h5,8-9H,1-4,6-7H2,(H,12,13);/q;+1/p-1/b9-5-;. The molecule has 0 heterocycles. The topological polar surface area (TPSA) is 40.1 Å². The van der Waals surface area contributed by atoms with Crippen LogP contribution in [0.1, 0.15) is 38.5 Å². The van der Waals surface area contributed by atoms with E-state index in [1.54, 1.807) is 6.08 Å². The predicted octanol–water partition coefficient (Wildman–Crippen LogP) is -1.42. The molecule has 0 aromatic carbocycles. The molecular formula is C11H15NaO2. The van der Waals surface area contributed by atoms with Gasteiger partial charge in [-0.2, -0.15) is 0 Å². The van der Waals surface area contributed by atoms with Crippen LogP contribution in [0.15, 0.2) is 23.8 Å². The third-order valence-electron chi connectivity index (χ3n) is 2.31. The number of carbonyl (C=O) groups is 1. The smallest absolute Gasteiger partial charge is 0.545 e. The molecule has 3 heteroatoms. The van der Waals surface area contributed by atoms with Gasteiger partial charge in [0.2, 0.25) is 0 Å². The van der Waals surface area contributed by atoms with Crippen molar-refractivity contribution in [3.05, 3.63) is 23.8 Å². The molecule has 1 aliphatic carbocycles. The Morgan fingerprint density at radius 1 is 1.14 bits per heavy atom. The first-order chi connectivity index (χ1) is 6.29. The van der Waals surface area contributed by atoms with Gasteiger partial charge in [0.15, 0.2) is 0 Å². The number of carboxylic acids is 1. The van der Waals surface area contributed by atoms with Gasteiger partial charge in [0.25, 0.3) is 0 Å². The Bertz CT molecular complexity index is 221. The zero-order valence-corrected chi connectivity index (χ0v) is 10.8. The SMILES string of the molecule is O=C([O-])/C=C\C=C1CCCCCC1.[Na+]. The maximum Gasteiger partial charge on any atom is 1.00 e. The molecule has 0 N–H and O–H groups in total. The molecule has 0 atom stereocenters. The summed E-state index contributed by atoms with van der Waals surface area (Å²) in [6, 6.07) is 0. The first-order valence-corrected chi connectivity index (χ1v) is 4.86. The number of allylic oxidation sites excluding steroid dienone is 3. The number of carbonyl (C=O) groups excluding carboxylic acids is 1. The summed E-state index contributed by atoms with van der Waals surface area (Å²) in [5.41, 5.74) is 1.37. The number of aliphatic carboxylic acids is 1. The molecule has 0 radical (unpaired) electrons. The summed E-state index contributed by atoms with van der Waals surface area (Å²) in [5.74, 6) is -1.12. The number of carboxylic acid groups (broad SMARTS) is 1. The van der Waals surface area contributed by atoms with E-state index in [0.29, 0.717) is 0 Å². The maximum atomic E-state index is 10.1. The second kappa shape index (κ2) is 8.27. The largest absolute Gasteiger partial charge is 1.00 e. The Hall–Kier alpha value is -0.0500. The van der Waals surface area contributed by atoms with Gasteiger partial charge in [-0.3, -0.25) is 0 Å². The van der Waals surface area contributed by atoms with E-state index in [-0.39, 0.29) is 29.6 Å². The summed E-state index contributed by atoms with van der Waals surface area (Å²) in [5, 5.41) is 10.1. The molecular weight excluding hydrogens is 187 g/mol. The third kappa shape index (κ3) is 6.41. The predicted molar refractivity (Wildman–Crippen MR) is 49.9 cm³/mol. The van der Waals surface area contributed by atoms with Crippen LogP contribution in [0, 0.1) is 0 Å². The maximum absolute atomic E-state index is 10.1. The van der Waals surface area contributed by atoms with Gasteiger partial charge >= 0.3 is 29.6 Å². The van der Waals surface area contributed by atoms with Gasteiger partial charge in [-0.25, -0.2) is 0 Å². The van der Waals surface area contributed by atoms with Crippen LogP contribution in [0.3, 0.4) is 0 Å². The average molecular weight is 202 g/mol. The van der Waals surface area contributed by atoms with Gasteiger partial charge in [-0.1, -0.05) is 30.6 Å². The monoisotopic (exact) mass is 202 g/mol. The molecule has 2 nitrogen and oxygen atoms in total. The van der Waals surface area contributed by atoms with Crippen LogP contribution in [0.25, 0.3) is 0 Å². The van der Waals surface area contributed by atoms with Crippen molar-refractivity contribution < 1.29 is 39.5 Å². The molecule has 0 saturated heterocycles. The molecule has 0 unspecified atom stereocenters. The van der Waals surface area contributed by atoms with Gasteiger partial charge < -0.3 is 9.90 Å². The summed E-state index contributed by atoms with van der Waals surface area (Å²) >= 11 is 0. The van der Waals surface area contributed by atoms with E-state index in [9.17, 15) is 9.90 Å². The molecule has 0 spiro atoms. The Morgan fingerprint density at radius 2 is 1.71 bits per heavy atom. The van der Waals surface area contributed by atoms with Crippen molar-refractivity contribution in [1.29, 1.82) is 0 Å². The van der Waals surface area contributed by atoms with Crippen molar-refractivity contribution in [2.75, 3.05) is 0 Å². The molecule has 0 aromatic rings. The molecule has 0 aliphatic heterocycles. The van der Waals surface area contributed by atoms with Crippen LogP contribution in [-0.2, 0) is 4.79 Å². The molecule has 14 heavy (non-hydrogen) atoms. The molecule has 1 fully saturated rings. The molecule has 0 amide bonds. The first-order valence-electron chi connectivity index (χ1n) is 4.86. The van der Waals surface area contributed by atoms with Crippen molar-refractivity contribution in [2.24, 2.45) is 0 Å². The molecule has 72 valence electrons. The Labute approximate surface area is 107 Å². The molecule has 1 aliphatic rings. The number of hydrogen-bond acceptors (Lipinski definition) is 2. The van der Waals surface area contributed by atoms with Crippen molar-refractivity contribution in [3.8, 4) is 0 Å². The van der Waals surface area contributed by atoms with Gasteiger partial charge in [-0.15, -0.1) is 0 Å². The Morgan fingerprint density at radius 3 is 2.21 bits per heavy atom. The minimum Gasteiger partial charge on any atom is -0.545 e. The molecule has 1 rings (SSSR count). The van der Waals surface area contributed by atoms with Crippen LogP contribution in [0.4, 0.5) is 0 Å². The van der Waals surface area contributed by atoms with Gasteiger partial charge in [0.1, 0.15) is 0 Å². The van der Waals surface area contributed by atoms with E-state index in [1.807, 2.05) is 6.08 Å². The van der Waals surface area contributed by atoms with Gasteiger partial charge in [0, 0.05) is 0 Å². The van der Waals surface area contributed by atoms with E-state index in [2.05, 4.69) is 0 Å². The molecule has 0 bridgehead atoms. The Kier molecular flexibility index (Phi) is 8.24. The number of hydrogen-bond donors (Lipinski definition) is 0. The minimum atomic E-state index is -1.12. The van der Waals surface area contributed by atoms with E-state index in [0.717, 1.165) is 18.9 Å². The van der Waals surface area contributed by atoms with Gasteiger partial charge in [0.05, 0.1) is 5.97 Å². The summed E-state index contributed by atoms with van der Waals surface area (Å²) in [6.45, 7) is 0. The summed E-state index contributed by atoms with van der Waals surface area (Å²) in [4.78, 5) is 10.1. The van der Waals surface area contributed by atoms with Crippen molar-refractivity contribution >= 4 is 5.97 Å². The fourth-order valence-electron chi connectivity index (χ4n) is 1.61. The van der Waals surface area contributed by atoms with Crippen LogP contribution in [-0.4, -0.2) is 5.97 Å². The van der Waals surface area contributed by atoms with Gasteiger partial charge in [-0.05, 0) is 31.8 Å². The average Bonchev–Trinajstić information content (AvgIpc) is 2.32. The van der Waals surface area contributed by atoms with Crippen LogP contribution < -0.4 is 34.7 Å². The zero-order valence-electron chi connectivity index (χ0n) is 8.79. The fraction of sp³-hybridized carbons (Fsp3) is 0.545. The number of rotatable bonds is 2. The second-order valence-corrected chi connectivity index (χ2v) is 3.42. The fourth-order valence-corrected chi connectivity index (χ4v) is 1.61. The van der Waals surface area contributed by atoms with Crippen molar-refractivity contribution in [2.45, 2.75) is 38.5 Å². The third-order valence-corrected chi connectivity index (χ3v) is 2.31. The van der Waals surface area contributed by atoms with Crippen molar-refractivity contribution in [1.82, 2.24) is 0 Å². The molecule has 1 saturated carbocycles.